The average Bonchev–Trinajstić information content (AvgIpc) is 3.41. The van der Waals surface area contributed by atoms with E-state index in [4.69, 9.17) is 28.1 Å². The summed E-state index contributed by atoms with van der Waals surface area (Å²) in [7, 11) is -1.91. The maximum atomic E-state index is 11.8. The Labute approximate surface area is 287 Å². The summed E-state index contributed by atoms with van der Waals surface area (Å²) in [5.74, 6) is 0.764. The van der Waals surface area contributed by atoms with E-state index >= 15 is 0 Å². The first-order valence-corrected chi connectivity index (χ1v) is 21.5. The van der Waals surface area contributed by atoms with Crippen molar-refractivity contribution in [3.8, 4) is 0 Å². The smallest absolute Gasteiger partial charge is 0.330 e. The zero-order chi connectivity index (χ0) is 34.3. The second-order valence-corrected chi connectivity index (χ2v) is 19.7. The lowest BCUT2D eigenvalue weighted by atomic mass is 9.78. The van der Waals surface area contributed by atoms with Gasteiger partial charge in [0.1, 0.15) is 0 Å². The van der Waals surface area contributed by atoms with E-state index in [2.05, 4.69) is 61.6 Å². The molecule has 4 unspecified atom stereocenters. The molecule has 268 valence electrons. The summed E-state index contributed by atoms with van der Waals surface area (Å²) in [4.78, 5) is 11.8. The standard InChI is InChI=1S/C39H66O7Si/c1-11-16-32-27(8)23-35-38(45-32)29(10)39(46-47(13-3,14-4)15-5)36(44-35)24-34-28(9)25(6)21-30(43-34)17-19-33-26(7)22-31(42-33)18-20-37(40)41-12-2/h18,20,25,27,29-36,38-39H,7,9,11-17,19,21-24H2,1-6,8,10H3/b20-18+/t25-,27-,29+,30+,31?,32-,33?,34?,35+,36+,38+,39?/m1/s1. The highest BCUT2D eigenvalue weighted by Crippen LogP contribution is 2.44. The molecule has 4 saturated heterocycles. The van der Waals surface area contributed by atoms with Crippen LogP contribution in [0.5, 0.6) is 0 Å². The molecule has 0 N–H and O–H groups in total. The van der Waals surface area contributed by atoms with Gasteiger partial charge in [-0.05, 0) is 86.2 Å². The molecule has 47 heavy (non-hydrogen) atoms. The molecule has 0 aromatic carbocycles. The normalized spacial score (nSPS) is 38.1. The van der Waals surface area contributed by atoms with Gasteiger partial charge in [0.05, 0.1) is 61.5 Å². The molecule has 0 saturated carbocycles. The van der Waals surface area contributed by atoms with Gasteiger partial charge in [-0.15, -0.1) is 0 Å². The number of carbonyl (C=O) groups excluding carboxylic acids is 1. The van der Waals surface area contributed by atoms with Crippen LogP contribution in [0.25, 0.3) is 0 Å². The summed E-state index contributed by atoms with van der Waals surface area (Å²) in [6, 6.07) is 3.33. The molecule has 0 aromatic rings. The van der Waals surface area contributed by atoms with Crippen molar-refractivity contribution in [2.24, 2.45) is 17.8 Å². The third-order valence-electron chi connectivity index (χ3n) is 11.8. The molecule has 4 heterocycles. The lowest BCUT2D eigenvalue weighted by Crippen LogP contribution is -2.62. The fourth-order valence-corrected chi connectivity index (χ4v) is 11.4. The van der Waals surface area contributed by atoms with Gasteiger partial charge in [0.25, 0.3) is 0 Å². The summed E-state index contributed by atoms with van der Waals surface area (Å²) < 4.78 is 39.4. The summed E-state index contributed by atoms with van der Waals surface area (Å²) in [5.41, 5.74) is 2.25. The van der Waals surface area contributed by atoms with Gasteiger partial charge in [-0.3, -0.25) is 0 Å². The monoisotopic (exact) mass is 674 g/mol. The molecule has 4 aliphatic rings. The molecule has 4 rings (SSSR count). The number of hydrogen-bond acceptors (Lipinski definition) is 7. The SMILES string of the molecule is C=C1CC(/C=C/C(=O)OCC)OC1CC[C@H]1C[C@@H](C)C(=C)C(C[C@@H]2O[C@H]3C[C@@H](C)[C@@H](CCC)O[C@H]3[C@H](C)C2O[Si](CC)(CC)CC)O1. The first-order valence-electron chi connectivity index (χ1n) is 19.0. The van der Waals surface area contributed by atoms with E-state index in [1.165, 1.54) is 11.6 Å². The lowest BCUT2D eigenvalue weighted by Gasteiger charge is -2.53. The first-order chi connectivity index (χ1) is 22.5. The Bertz CT molecular complexity index is 1060. The third kappa shape index (κ3) is 9.49. The van der Waals surface area contributed by atoms with E-state index in [9.17, 15) is 4.79 Å². The van der Waals surface area contributed by atoms with Gasteiger partial charge >= 0.3 is 5.97 Å². The van der Waals surface area contributed by atoms with Gasteiger partial charge in [0, 0.05) is 24.8 Å². The molecule has 0 bridgehead atoms. The number of ether oxygens (including phenoxy) is 5. The number of hydrogen-bond donors (Lipinski definition) is 0. The molecule has 8 heteroatoms. The van der Waals surface area contributed by atoms with E-state index in [0.717, 1.165) is 75.1 Å². The Morgan fingerprint density at radius 1 is 0.894 bits per heavy atom. The summed E-state index contributed by atoms with van der Waals surface area (Å²) in [6.07, 6.45) is 10.9. The number of carbonyl (C=O) groups is 1. The molecule has 0 spiro atoms. The largest absolute Gasteiger partial charge is 0.463 e. The van der Waals surface area contributed by atoms with Crippen LogP contribution in [0.4, 0.5) is 0 Å². The van der Waals surface area contributed by atoms with E-state index in [1.807, 2.05) is 0 Å². The lowest BCUT2D eigenvalue weighted by molar-refractivity contribution is -0.256. The minimum Gasteiger partial charge on any atom is -0.463 e. The Kier molecular flexibility index (Phi) is 14.4. The molecule has 0 aromatic heterocycles. The van der Waals surface area contributed by atoms with Crippen molar-refractivity contribution < 1.29 is 32.9 Å². The van der Waals surface area contributed by atoms with Crippen molar-refractivity contribution in [2.75, 3.05) is 6.61 Å². The average molecular weight is 675 g/mol. The Hall–Kier alpha value is -1.29. The Morgan fingerprint density at radius 2 is 1.62 bits per heavy atom. The molecule has 7 nitrogen and oxygen atoms in total. The van der Waals surface area contributed by atoms with Crippen LogP contribution in [0.3, 0.4) is 0 Å². The van der Waals surface area contributed by atoms with Crippen molar-refractivity contribution in [1.82, 2.24) is 0 Å². The molecule has 0 radical (unpaired) electrons. The Morgan fingerprint density at radius 3 is 2.28 bits per heavy atom. The molecule has 0 aliphatic carbocycles. The van der Waals surface area contributed by atoms with Crippen LogP contribution >= 0.6 is 0 Å². The maximum absolute atomic E-state index is 11.8. The molecular formula is C39H66O7Si. The van der Waals surface area contributed by atoms with Crippen molar-refractivity contribution in [3.05, 3.63) is 36.5 Å². The third-order valence-corrected chi connectivity index (χ3v) is 16.4. The van der Waals surface area contributed by atoms with Crippen molar-refractivity contribution >= 4 is 14.3 Å². The van der Waals surface area contributed by atoms with E-state index < -0.39 is 8.32 Å². The van der Waals surface area contributed by atoms with Gasteiger partial charge in [0.2, 0.25) is 0 Å². The highest BCUT2D eigenvalue weighted by Gasteiger charge is 2.51. The number of fused-ring (bicyclic) bond motifs is 1. The van der Waals surface area contributed by atoms with Crippen molar-refractivity contribution in [2.45, 2.75) is 180 Å². The Balaban J connectivity index is 1.44. The van der Waals surface area contributed by atoms with E-state index in [-0.39, 0.29) is 60.7 Å². The van der Waals surface area contributed by atoms with Crippen LogP contribution in [0.2, 0.25) is 18.1 Å². The minimum absolute atomic E-state index is 0.0136. The fraction of sp³-hybridized carbons (Fsp3) is 0.821. The summed E-state index contributed by atoms with van der Waals surface area (Å²) >= 11 is 0. The topological polar surface area (TPSA) is 72.5 Å². The van der Waals surface area contributed by atoms with Gasteiger partial charge in [-0.25, -0.2) is 4.79 Å². The molecule has 4 fully saturated rings. The molecule has 4 aliphatic heterocycles. The highest BCUT2D eigenvalue weighted by molar-refractivity contribution is 6.73. The van der Waals surface area contributed by atoms with Crippen LogP contribution < -0.4 is 0 Å². The van der Waals surface area contributed by atoms with Crippen LogP contribution in [0.15, 0.2) is 36.5 Å². The van der Waals surface area contributed by atoms with E-state index in [0.29, 0.717) is 24.5 Å². The van der Waals surface area contributed by atoms with Crippen molar-refractivity contribution in [1.29, 1.82) is 0 Å². The molecule has 0 amide bonds. The fourth-order valence-electron chi connectivity index (χ4n) is 8.48. The zero-order valence-corrected chi connectivity index (χ0v) is 31.8. The minimum atomic E-state index is -1.91. The maximum Gasteiger partial charge on any atom is 0.330 e. The van der Waals surface area contributed by atoms with Gasteiger partial charge in [-0.2, -0.15) is 0 Å². The van der Waals surface area contributed by atoms with Crippen LogP contribution in [-0.4, -0.2) is 75.8 Å². The first kappa shape index (κ1) is 38.5. The molecule has 12 atom stereocenters. The van der Waals surface area contributed by atoms with Gasteiger partial charge < -0.3 is 28.1 Å². The van der Waals surface area contributed by atoms with Crippen LogP contribution in [0, 0.1) is 17.8 Å². The summed E-state index contributed by atoms with van der Waals surface area (Å²) in [6.45, 7) is 27.1. The second kappa shape index (κ2) is 17.6. The molecular weight excluding hydrogens is 609 g/mol. The van der Waals surface area contributed by atoms with Crippen molar-refractivity contribution in [3.63, 3.8) is 0 Å². The predicted octanol–water partition coefficient (Wildman–Crippen LogP) is 8.73. The second-order valence-electron chi connectivity index (χ2n) is 14.9. The summed E-state index contributed by atoms with van der Waals surface area (Å²) in [5, 5.41) is 0. The van der Waals surface area contributed by atoms with E-state index in [1.54, 1.807) is 13.0 Å². The van der Waals surface area contributed by atoms with Gasteiger partial charge in [0.15, 0.2) is 8.32 Å². The number of rotatable bonds is 15. The highest BCUT2D eigenvalue weighted by atomic mass is 28.4. The predicted molar refractivity (Wildman–Crippen MR) is 191 cm³/mol. The van der Waals surface area contributed by atoms with Crippen LogP contribution in [0.1, 0.15) is 107 Å². The quantitative estimate of drug-likeness (QED) is 0.0745. The van der Waals surface area contributed by atoms with Gasteiger partial charge in [-0.1, -0.05) is 68.0 Å². The van der Waals surface area contributed by atoms with Crippen LogP contribution in [-0.2, 0) is 32.9 Å². The zero-order valence-electron chi connectivity index (χ0n) is 30.8. The number of esters is 1.